The van der Waals surface area contributed by atoms with Gasteiger partial charge in [-0.3, -0.25) is 0 Å². The van der Waals surface area contributed by atoms with E-state index in [1.165, 1.54) is 12.8 Å². The van der Waals surface area contributed by atoms with Crippen molar-refractivity contribution in [1.82, 2.24) is 4.57 Å². The average Bonchev–Trinajstić information content (AvgIpc) is 2.67. The zero-order valence-corrected chi connectivity index (χ0v) is 10.7. The Labute approximate surface area is 107 Å². The Hall–Kier alpha value is -1.84. The summed E-state index contributed by atoms with van der Waals surface area (Å²) in [5, 5.41) is 14.4. The molecule has 2 rings (SSSR count). The lowest BCUT2D eigenvalue weighted by atomic mass is 10.2. The largest absolute Gasteiger partial charge is 0.493 e. The minimum absolute atomic E-state index is 0.114. The van der Waals surface area contributed by atoms with Crippen molar-refractivity contribution in [3.63, 3.8) is 0 Å². The summed E-state index contributed by atoms with van der Waals surface area (Å²) < 4.78 is 1.86. The summed E-state index contributed by atoms with van der Waals surface area (Å²) in [5.41, 5.74) is 8.51. The third-order valence-electron chi connectivity index (χ3n) is 3.26. The summed E-state index contributed by atoms with van der Waals surface area (Å²) >= 11 is 0. The van der Waals surface area contributed by atoms with Gasteiger partial charge in [-0.1, -0.05) is 44.4 Å². The molecule has 0 amide bonds. The number of rotatable bonds is 6. The SMILES string of the molecule is CCCCCCn1c(O)c(N=N)c2ccccc21. The van der Waals surface area contributed by atoms with Crippen molar-refractivity contribution < 1.29 is 5.11 Å². The van der Waals surface area contributed by atoms with E-state index in [9.17, 15) is 5.11 Å². The van der Waals surface area contributed by atoms with Crippen molar-refractivity contribution in [3.05, 3.63) is 24.3 Å². The van der Waals surface area contributed by atoms with E-state index in [1.54, 1.807) is 0 Å². The molecular weight excluding hydrogens is 226 g/mol. The number of nitrogens with zero attached hydrogens (tertiary/aromatic N) is 2. The van der Waals surface area contributed by atoms with Gasteiger partial charge in [0.1, 0.15) is 0 Å². The molecule has 0 atom stereocenters. The van der Waals surface area contributed by atoms with Crippen molar-refractivity contribution in [2.24, 2.45) is 5.11 Å². The van der Waals surface area contributed by atoms with Gasteiger partial charge in [0.25, 0.3) is 0 Å². The number of benzene rings is 1. The van der Waals surface area contributed by atoms with E-state index in [2.05, 4.69) is 12.0 Å². The summed E-state index contributed by atoms with van der Waals surface area (Å²) in [5.74, 6) is 0.114. The Kier molecular flexibility index (Phi) is 3.97. The number of aromatic nitrogens is 1. The highest BCUT2D eigenvalue weighted by molar-refractivity contribution is 5.94. The second-order valence-electron chi connectivity index (χ2n) is 4.51. The van der Waals surface area contributed by atoms with Gasteiger partial charge in [-0.15, -0.1) is 0 Å². The molecular formula is C14H19N3O. The number of nitrogens with one attached hydrogen (secondary N) is 1. The van der Waals surface area contributed by atoms with Gasteiger partial charge in [-0.05, 0) is 12.5 Å². The van der Waals surface area contributed by atoms with E-state index in [0.29, 0.717) is 5.69 Å². The van der Waals surface area contributed by atoms with E-state index in [1.807, 2.05) is 28.8 Å². The first kappa shape index (κ1) is 12.6. The molecule has 18 heavy (non-hydrogen) atoms. The van der Waals surface area contributed by atoms with Gasteiger partial charge in [0.2, 0.25) is 5.88 Å². The molecule has 4 nitrogen and oxygen atoms in total. The second kappa shape index (κ2) is 5.67. The Bertz CT molecular complexity index is 545. The number of fused-ring (bicyclic) bond motifs is 1. The third kappa shape index (κ3) is 2.23. The molecule has 1 aromatic heterocycles. The van der Waals surface area contributed by atoms with Crippen LogP contribution in [0.1, 0.15) is 32.6 Å². The molecule has 0 saturated carbocycles. The molecule has 1 heterocycles. The maximum atomic E-state index is 10.1. The first-order valence-electron chi connectivity index (χ1n) is 6.47. The maximum absolute atomic E-state index is 10.1. The van der Waals surface area contributed by atoms with E-state index in [-0.39, 0.29) is 5.88 Å². The van der Waals surface area contributed by atoms with Crippen LogP contribution in [-0.2, 0) is 6.54 Å². The Morgan fingerprint density at radius 1 is 1.22 bits per heavy atom. The van der Waals surface area contributed by atoms with Crippen molar-refractivity contribution in [2.45, 2.75) is 39.2 Å². The number of hydrogen-bond acceptors (Lipinski definition) is 3. The van der Waals surface area contributed by atoms with Crippen LogP contribution in [0, 0.1) is 5.53 Å². The molecule has 0 saturated heterocycles. The molecule has 0 aliphatic rings. The van der Waals surface area contributed by atoms with Crippen LogP contribution in [0.4, 0.5) is 5.69 Å². The highest BCUT2D eigenvalue weighted by Gasteiger charge is 2.15. The quantitative estimate of drug-likeness (QED) is 0.567. The van der Waals surface area contributed by atoms with Crippen LogP contribution in [-0.4, -0.2) is 9.67 Å². The van der Waals surface area contributed by atoms with Crippen molar-refractivity contribution in [2.75, 3.05) is 0 Å². The summed E-state index contributed by atoms with van der Waals surface area (Å²) in [6, 6.07) is 7.70. The molecule has 2 N–H and O–H groups in total. The van der Waals surface area contributed by atoms with Gasteiger partial charge < -0.3 is 9.67 Å². The summed E-state index contributed by atoms with van der Waals surface area (Å²) in [6.45, 7) is 2.96. The predicted octanol–water partition coefficient (Wildman–Crippen LogP) is 4.59. The number of para-hydroxylation sites is 1. The zero-order valence-electron chi connectivity index (χ0n) is 10.7. The molecule has 1 aromatic carbocycles. The van der Waals surface area contributed by atoms with Crippen LogP contribution >= 0.6 is 0 Å². The van der Waals surface area contributed by atoms with Gasteiger partial charge in [-0.25, -0.2) is 5.53 Å². The monoisotopic (exact) mass is 245 g/mol. The molecule has 2 aromatic rings. The van der Waals surface area contributed by atoms with Crippen LogP contribution in [0.5, 0.6) is 5.88 Å². The summed E-state index contributed by atoms with van der Waals surface area (Å²) in [7, 11) is 0. The molecule has 0 aliphatic carbocycles. The normalized spacial score (nSPS) is 10.9. The van der Waals surface area contributed by atoms with Gasteiger partial charge in [0.05, 0.1) is 5.52 Å². The molecule has 0 radical (unpaired) electrons. The van der Waals surface area contributed by atoms with E-state index in [4.69, 9.17) is 5.53 Å². The number of unbranched alkanes of at least 4 members (excludes halogenated alkanes) is 3. The predicted molar refractivity (Wildman–Crippen MR) is 72.6 cm³/mol. The topological polar surface area (TPSA) is 61.4 Å². The first-order chi connectivity index (χ1) is 8.79. The molecule has 4 heteroatoms. The lowest BCUT2D eigenvalue weighted by Crippen LogP contribution is -1.96. The van der Waals surface area contributed by atoms with Crippen molar-refractivity contribution >= 4 is 16.6 Å². The molecule has 0 unspecified atom stereocenters. The summed E-state index contributed by atoms with van der Waals surface area (Å²) in [4.78, 5) is 0. The Balaban J connectivity index is 2.31. The lowest BCUT2D eigenvalue weighted by molar-refractivity contribution is 0.416. The van der Waals surface area contributed by atoms with Crippen molar-refractivity contribution in [1.29, 1.82) is 5.53 Å². The van der Waals surface area contributed by atoms with Gasteiger partial charge in [0, 0.05) is 11.9 Å². The fourth-order valence-corrected chi connectivity index (χ4v) is 2.30. The van der Waals surface area contributed by atoms with E-state index >= 15 is 0 Å². The Morgan fingerprint density at radius 3 is 2.72 bits per heavy atom. The molecule has 96 valence electrons. The van der Waals surface area contributed by atoms with Gasteiger partial charge in [0.15, 0.2) is 5.69 Å². The number of hydrogen-bond donors (Lipinski definition) is 2. The molecule has 0 spiro atoms. The van der Waals surface area contributed by atoms with Crippen molar-refractivity contribution in [3.8, 4) is 5.88 Å². The molecule has 0 fully saturated rings. The van der Waals surface area contributed by atoms with Crippen LogP contribution in [0.3, 0.4) is 0 Å². The first-order valence-corrected chi connectivity index (χ1v) is 6.47. The second-order valence-corrected chi connectivity index (χ2v) is 4.51. The highest BCUT2D eigenvalue weighted by Crippen LogP contribution is 2.38. The number of aryl methyl sites for hydroxylation is 1. The minimum Gasteiger partial charge on any atom is -0.493 e. The molecule has 0 bridgehead atoms. The smallest absolute Gasteiger partial charge is 0.220 e. The zero-order chi connectivity index (χ0) is 13.0. The number of aromatic hydroxyl groups is 1. The van der Waals surface area contributed by atoms with Crippen LogP contribution < -0.4 is 0 Å². The standard InChI is InChI=1S/C14H19N3O/c1-2-3-4-7-10-17-12-9-6-5-8-11(12)13(16-15)14(17)18/h5-6,8-9,15,18H,2-4,7,10H2,1H3. The van der Waals surface area contributed by atoms with E-state index < -0.39 is 0 Å². The van der Waals surface area contributed by atoms with Crippen LogP contribution in [0.15, 0.2) is 29.4 Å². The molecule has 0 aliphatic heterocycles. The van der Waals surface area contributed by atoms with Crippen LogP contribution in [0.2, 0.25) is 0 Å². The maximum Gasteiger partial charge on any atom is 0.220 e. The van der Waals surface area contributed by atoms with E-state index in [0.717, 1.165) is 30.3 Å². The Morgan fingerprint density at radius 2 is 2.00 bits per heavy atom. The fraction of sp³-hybridized carbons (Fsp3) is 0.429. The lowest BCUT2D eigenvalue weighted by Gasteiger charge is -2.06. The van der Waals surface area contributed by atoms with Crippen LogP contribution in [0.25, 0.3) is 10.9 Å². The van der Waals surface area contributed by atoms with Gasteiger partial charge in [-0.2, -0.15) is 5.11 Å². The average molecular weight is 245 g/mol. The fourth-order valence-electron chi connectivity index (χ4n) is 2.30. The third-order valence-corrected chi connectivity index (χ3v) is 3.26. The highest BCUT2D eigenvalue weighted by atomic mass is 16.3. The minimum atomic E-state index is 0.114. The van der Waals surface area contributed by atoms with Gasteiger partial charge >= 0.3 is 0 Å². The summed E-state index contributed by atoms with van der Waals surface area (Å²) in [6.07, 6.45) is 4.62.